The molecule has 0 rings (SSSR count). The monoisotopic (exact) mass is 258 g/mol. The van der Waals surface area contributed by atoms with Crippen molar-refractivity contribution in [3.8, 4) is 0 Å². The number of unbranched alkanes of at least 4 members (excludes halogenated alkanes) is 8. The maximum atomic E-state index is 11.1. The van der Waals surface area contributed by atoms with Crippen molar-refractivity contribution in [2.75, 3.05) is 0 Å². The van der Waals surface area contributed by atoms with Crippen LogP contribution in [0.4, 0.5) is 0 Å². The molecule has 0 aromatic rings. The van der Waals surface area contributed by atoms with E-state index >= 15 is 0 Å². The van der Waals surface area contributed by atoms with Crippen LogP contribution in [0.5, 0.6) is 0 Å². The molecule has 102 valence electrons. The van der Waals surface area contributed by atoms with Crippen molar-refractivity contribution in [2.45, 2.75) is 84.5 Å². The smallest absolute Gasteiger partial charge is 0.188 e. The van der Waals surface area contributed by atoms with Gasteiger partial charge >= 0.3 is 0 Å². The van der Waals surface area contributed by atoms with Gasteiger partial charge in [0.25, 0.3) is 0 Å². The minimum atomic E-state index is 0.0760. The maximum absolute atomic E-state index is 11.1. The molecule has 0 saturated carbocycles. The van der Waals surface area contributed by atoms with E-state index in [-0.39, 0.29) is 11.0 Å². The molecule has 0 heterocycles. The second-order valence-corrected chi connectivity index (χ2v) is 5.50. The molecule has 2 heteroatoms. The van der Waals surface area contributed by atoms with Gasteiger partial charge in [-0.15, -0.1) is 12.6 Å². The van der Waals surface area contributed by atoms with Crippen molar-refractivity contribution < 1.29 is 4.79 Å². The fourth-order valence-electron chi connectivity index (χ4n) is 2.20. The van der Waals surface area contributed by atoms with Crippen molar-refractivity contribution in [2.24, 2.45) is 5.92 Å². The topological polar surface area (TPSA) is 17.1 Å². The summed E-state index contributed by atoms with van der Waals surface area (Å²) in [6, 6.07) is 0. The first kappa shape index (κ1) is 17.0. The van der Waals surface area contributed by atoms with Gasteiger partial charge in [0.2, 0.25) is 0 Å². The minimum Gasteiger partial charge on any atom is -0.287 e. The van der Waals surface area contributed by atoms with Gasteiger partial charge in [-0.3, -0.25) is 4.79 Å². The van der Waals surface area contributed by atoms with E-state index in [2.05, 4.69) is 26.5 Å². The quantitative estimate of drug-likeness (QED) is 0.367. The molecule has 0 radical (unpaired) electrons. The van der Waals surface area contributed by atoms with E-state index < -0.39 is 0 Å². The molecule has 1 nitrogen and oxygen atoms in total. The highest BCUT2D eigenvalue weighted by Crippen LogP contribution is 2.17. The number of hydrogen-bond donors (Lipinski definition) is 1. The standard InChI is InChI=1S/C15H30OS/c1-3-5-6-7-8-9-10-11-12-13-14(4-2)15(16)17/h14H,3-13H2,1-2H3,(H,16,17). The maximum Gasteiger partial charge on any atom is 0.188 e. The van der Waals surface area contributed by atoms with Crippen LogP contribution in [0.2, 0.25) is 0 Å². The van der Waals surface area contributed by atoms with Crippen molar-refractivity contribution in [1.29, 1.82) is 0 Å². The van der Waals surface area contributed by atoms with Gasteiger partial charge in [0.05, 0.1) is 0 Å². The van der Waals surface area contributed by atoms with E-state index in [0.717, 1.165) is 12.8 Å². The van der Waals surface area contributed by atoms with Gasteiger partial charge in [0.15, 0.2) is 5.12 Å². The molecule has 0 aliphatic heterocycles. The lowest BCUT2D eigenvalue weighted by atomic mass is 9.99. The average molecular weight is 258 g/mol. The molecule has 1 unspecified atom stereocenters. The Morgan fingerprint density at radius 1 is 0.882 bits per heavy atom. The molecule has 0 spiro atoms. The van der Waals surface area contributed by atoms with Crippen molar-refractivity contribution in [3.05, 3.63) is 0 Å². The molecule has 0 aliphatic rings. The van der Waals surface area contributed by atoms with Crippen LogP contribution in [0, 0.1) is 5.92 Å². The Morgan fingerprint density at radius 2 is 1.35 bits per heavy atom. The van der Waals surface area contributed by atoms with Gasteiger partial charge in [0, 0.05) is 5.92 Å². The van der Waals surface area contributed by atoms with E-state index in [4.69, 9.17) is 0 Å². The molecular formula is C15H30OS. The van der Waals surface area contributed by atoms with E-state index in [1.165, 1.54) is 57.8 Å². The predicted octanol–water partition coefficient (Wildman–Crippen LogP) is 5.39. The van der Waals surface area contributed by atoms with Crippen LogP contribution >= 0.6 is 12.6 Å². The van der Waals surface area contributed by atoms with Crippen LogP contribution < -0.4 is 0 Å². The lowest BCUT2D eigenvalue weighted by molar-refractivity contribution is -0.114. The molecule has 0 N–H and O–H groups in total. The summed E-state index contributed by atoms with van der Waals surface area (Å²) in [4.78, 5) is 11.1. The molecule has 0 aromatic heterocycles. The van der Waals surface area contributed by atoms with E-state index in [0.29, 0.717) is 0 Å². The lowest BCUT2D eigenvalue weighted by Gasteiger charge is -2.09. The Balaban J connectivity index is 3.20. The van der Waals surface area contributed by atoms with E-state index in [1.54, 1.807) is 0 Å². The van der Waals surface area contributed by atoms with Gasteiger partial charge < -0.3 is 0 Å². The SMILES string of the molecule is CCCCCCCCCCCC(CC)C(=O)S. The second kappa shape index (κ2) is 12.5. The van der Waals surface area contributed by atoms with Crippen LogP contribution in [0.15, 0.2) is 0 Å². The number of rotatable bonds is 12. The Kier molecular flexibility index (Phi) is 12.5. The normalized spacial score (nSPS) is 12.6. The fourth-order valence-corrected chi connectivity index (χ4v) is 2.52. The number of carbonyl (C=O) groups is 1. The third kappa shape index (κ3) is 10.9. The molecule has 0 amide bonds. The summed E-state index contributed by atoms with van der Waals surface area (Å²) in [5.41, 5.74) is 0. The first-order valence-electron chi connectivity index (χ1n) is 7.45. The van der Waals surface area contributed by atoms with Crippen LogP contribution in [0.3, 0.4) is 0 Å². The van der Waals surface area contributed by atoms with E-state index in [9.17, 15) is 4.79 Å². The first-order chi connectivity index (χ1) is 8.22. The van der Waals surface area contributed by atoms with Gasteiger partial charge in [-0.2, -0.15) is 0 Å². The van der Waals surface area contributed by atoms with Crippen molar-refractivity contribution in [1.82, 2.24) is 0 Å². The summed E-state index contributed by atoms with van der Waals surface area (Å²) in [5.74, 6) is 0.197. The van der Waals surface area contributed by atoms with Crippen molar-refractivity contribution >= 4 is 17.7 Å². The Labute approximate surface area is 113 Å². The summed E-state index contributed by atoms with van der Waals surface area (Å²) in [7, 11) is 0. The van der Waals surface area contributed by atoms with Gasteiger partial charge in [0.1, 0.15) is 0 Å². The van der Waals surface area contributed by atoms with Gasteiger partial charge in [-0.05, 0) is 12.8 Å². The highest BCUT2D eigenvalue weighted by Gasteiger charge is 2.11. The minimum absolute atomic E-state index is 0.0760. The van der Waals surface area contributed by atoms with Crippen molar-refractivity contribution in [3.63, 3.8) is 0 Å². The molecule has 0 aliphatic carbocycles. The zero-order valence-corrected chi connectivity index (χ0v) is 12.6. The molecule has 0 bridgehead atoms. The Hall–Kier alpha value is 0.0200. The van der Waals surface area contributed by atoms with Crippen LogP contribution in [-0.4, -0.2) is 5.12 Å². The molecular weight excluding hydrogens is 228 g/mol. The number of thiol groups is 1. The van der Waals surface area contributed by atoms with Crippen LogP contribution in [0.25, 0.3) is 0 Å². The summed E-state index contributed by atoms with van der Waals surface area (Å²) >= 11 is 3.93. The summed E-state index contributed by atoms with van der Waals surface area (Å²) in [6.45, 7) is 4.33. The summed E-state index contributed by atoms with van der Waals surface area (Å²) < 4.78 is 0. The number of carbonyl (C=O) groups excluding carboxylic acids is 1. The average Bonchev–Trinajstić information content (AvgIpc) is 2.31. The third-order valence-electron chi connectivity index (χ3n) is 3.50. The fraction of sp³-hybridized carbons (Fsp3) is 0.933. The zero-order chi connectivity index (χ0) is 12.9. The predicted molar refractivity (Wildman–Crippen MR) is 79.6 cm³/mol. The highest BCUT2D eigenvalue weighted by atomic mass is 32.1. The lowest BCUT2D eigenvalue weighted by Crippen LogP contribution is -2.07. The largest absolute Gasteiger partial charge is 0.287 e. The molecule has 0 saturated heterocycles. The molecule has 17 heavy (non-hydrogen) atoms. The Morgan fingerprint density at radius 3 is 1.76 bits per heavy atom. The highest BCUT2D eigenvalue weighted by molar-refractivity contribution is 7.96. The van der Waals surface area contributed by atoms with E-state index in [1.807, 2.05) is 0 Å². The second-order valence-electron chi connectivity index (χ2n) is 5.06. The molecule has 1 atom stereocenters. The van der Waals surface area contributed by atoms with Gasteiger partial charge in [-0.1, -0.05) is 71.6 Å². The first-order valence-corrected chi connectivity index (χ1v) is 7.89. The molecule has 0 aromatic carbocycles. The number of hydrogen-bond acceptors (Lipinski definition) is 1. The molecule has 0 fully saturated rings. The Bertz CT molecular complexity index is 180. The van der Waals surface area contributed by atoms with Crippen LogP contribution in [0.1, 0.15) is 84.5 Å². The van der Waals surface area contributed by atoms with Gasteiger partial charge in [-0.25, -0.2) is 0 Å². The third-order valence-corrected chi connectivity index (χ3v) is 3.86. The summed E-state index contributed by atoms with van der Waals surface area (Å²) in [6.07, 6.45) is 14.1. The summed E-state index contributed by atoms with van der Waals surface area (Å²) in [5, 5.41) is 0.0760. The van der Waals surface area contributed by atoms with Crippen LogP contribution in [-0.2, 0) is 4.79 Å². The zero-order valence-electron chi connectivity index (χ0n) is 11.7.